The summed E-state index contributed by atoms with van der Waals surface area (Å²) in [4.78, 5) is 11.9. The van der Waals surface area contributed by atoms with Crippen LogP contribution >= 0.6 is 0 Å². The molecule has 3 rings (SSSR count). The molecule has 2 aromatic carbocycles. The molecule has 0 amide bonds. The third-order valence-electron chi connectivity index (χ3n) is 3.39. The number of aliphatic imine (C=N–C) groups is 1. The van der Waals surface area contributed by atoms with Crippen LogP contribution in [-0.2, 0) is 6.54 Å². The first kappa shape index (κ1) is 13.8. The molecular weight excluding hydrogens is 274 g/mol. The number of hydrogen-bond acceptors (Lipinski definition) is 3. The van der Waals surface area contributed by atoms with Gasteiger partial charge in [0, 0.05) is 0 Å². The number of nitrogens with two attached hydrogens (primary N) is 1. The Kier molecular flexibility index (Phi) is 3.84. The van der Waals surface area contributed by atoms with Crippen LogP contribution in [-0.4, -0.2) is 15.8 Å². The predicted octanol–water partition coefficient (Wildman–Crippen LogP) is 2.73. The molecule has 22 heavy (non-hydrogen) atoms. The lowest BCUT2D eigenvalue weighted by Crippen LogP contribution is -2.22. The van der Waals surface area contributed by atoms with Crippen LogP contribution in [0.25, 0.3) is 11.0 Å². The zero-order valence-electron chi connectivity index (χ0n) is 11.9. The molecule has 0 fully saturated rings. The lowest BCUT2D eigenvalue weighted by Gasteiger charge is -2.05. The molecule has 3 N–H and O–H groups in total. The topological polar surface area (TPSA) is 90.8 Å². The van der Waals surface area contributed by atoms with Gasteiger partial charge >= 0.3 is 0 Å². The molecule has 1 unspecified atom stereocenters. The Bertz CT molecular complexity index is 809. The molecule has 0 spiro atoms. The largest absolute Gasteiger partial charge is 0.386 e. The maximum Gasteiger partial charge on any atom is 0.161 e. The second-order valence-electron chi connectivity index (χ2n) is 4.93. The number of nitrogens with one attached hydrogen (secondary N) is 1. The molecule has 0 aliphatic rings. The van der Waals surface area contributed by atoms with E-state index in [-0.39, 0.29) is 5.84 Å². The Morgan fingerprint density at radius 1 is 1.18 bits per heavy atom. The third kappa shape index (κ3) is 2.81. The second-order valence-corrected chi connectivity index (χ2v) is 4.93. The van der Waals surface area contributed by atoms with E-state index in [4.69, 9.17) is 5.73 Å². The second kappa shape index (κ2) is 6.10. The molecule has 1 aromatic heterocycles. The summed E-state index contributed by atoms with van der Waals surface area (Å²) in [5, 5.41) is 9.40. The summed E-state index contributed by atoms with van der Waals surface area (Å²) in [6, 6.07) is 19.6. The Morgan fingerprint density at radius 3 is 2.64 bits per heavy atom. The van der Waals surface area contributed by atoms with E-state index >= 15 is 0 Å². The normalized spacial score (nSPS) is 13.0. The van der Waals surface area contributed by atoms with Crippen LogP contribution < -0.4 is 5.73 Å². The van der Waals surface area contributed by atoms with E-state index in [1.807, 2.05) is 54.6 Å². The van der Waals surface area contributed by atoms with E-state index < -0.39 is 5.92 Å². The Hall–Kier alpha value is -3.13. The number of benzene rings is 2. The van der Waals surface area contributed by atoms with Crippen molar-refractivity contribution in [2.24, 2.45) is 10.7 Å². The SMILES string of the molecule is N#CC(C(N)=NCc1ccccc1)c1nc2ccccc2[nH]1. The van der Waals surface area contributed by atoms with Crippen LogP contribution in [0.4, 0.5) is 0 Å². The van der Waals surface area contributed by atoms with Crippen molar-refractivity contribution in [1.82, 2.24) is 9.97 Å². The van der Waals surface area contributed by atoms with Gasteiger partial charge in [-0.2, -0.15) is 5.26 Å². The average Bonchev–Trinajstić information content (AvgIpc) is 2.98. The fourth-order valence-electron chi connectivity index (χ4n) is 2.23. The number of H-pyrrole nitrogens is 1. The maximum atomic E-state index is 9.40. The summed E-state index contributed by atoms with van der Waals surface area (Å²) in [5.74, 6) is 0.125. The zero-order chi connectivity index (χ0) is 15.4. The average molecular weight is 289 g/mol. The van der Waals surface area contributed by atoms with Crippen LogP contribution in [0.3, 0.4) is 0 Å². The van der Waals surface area contributed by atoms with Crippen LogP contribution in [0.1, 0.15) is 17.3 Å². The smallest absolute Gasteiger partial charge is 0.161 e. The maximum absolute atomic E-state index is 9.40. The highest BCUT2D eigenvalue weighted by Gasteiger charge is 2.19. The van der Waals surface area contributed by atoms with Crippen molar-refractivity contribution in [3.8, 4) is 6.07 Å². The molecule has 1 atom stereocenters. The number of aromatic amines is 1. The zero-order valence-corrected chi connectivity index (χ0v) is 11.9. The van der Waals surface area contributed by atoms with Crippen LogP contribution in [0.5, 0.6) is 0 Å². The lowest BCUT2D eigenvalue weighted by atomic mass is 10.1. The number of amidine groups is 1. The molecule has 0 aliphatic heterocycles. The molecule has 5 nitrogen and oxygen atoms in total. The van der Waals surface area contributed by atoms with E-state index in [9.17, 15) is 5.26 Å². The molecule has 3 aromatic rings. The fraction of sp³-hybridized carbons (Fsp3) is 0.118. The number of nitrogens with zero attached hydrogens (tertiary/aromatic N) is 3. The molecule has 0 bridgehead atoms. The Morgan fingerprint density at radius 2 is 1.91 bits per heavy atom. The highest BCUT2D eigenvalue weighted by Crippen LogP contribution is 2.17. The number of imidazole rings is 1. The fourth-order valence-corrected chi connectivity index (χ4v) is 2.23. The summed E-state index contributed by atoms with van der Waals surface area (Å²) in [7, 11) is 0. The number of aromatic nitrogens is 2. The molecule has 0 saturated carbocycles. The monoisotopic (exact) mass is 289 g/mol. The molecule has 1 heterocycles. The van der Waals surface area contributed by atoms with Crippen molar-refractivity contribution < 1.29 is 0 Å². The van der Waals surface area contributed by atoms with E-state index in [1.165, 1.54) is 0 Å². The van der Waals surface area contributed by atoms with Gasteiger partial charge in [0.15, 0.2) is 5.92 Å². The Labute approximate surface area is 128 Å². The summed E-state index contributed by atoms with van der Waals surface area (Å²) < 4.78 is 0. The van der Waals surface area contributed by atoms with Gasteiger partial charge in [-0.3, -0.25) is 4.99 Å². The number of nitriles is 1. The van der Waals surface area contributed by atoms with Gasteiger partial charge < -0.3 is 10.7 Å². The number of hydrogen-bond donors (Lipinski definition) is 2. The lowest BCUT2D eigenvalue weighted by molar-refractivity contribution is 0.962. The summed E-state index contributed by atoms with van der Waals surface area (Å²) in [6.45, 7) is 0.449. The van der Waals surface area contributed by atoms with E-state index in [1.54, 1.807) is 0 Å². The number of rotatable bonds is 4. The van der Waals surface area contributed by atoms with Gasteiger partial charge in [-0.05, 0) is 17.7 Å². The van der Waals surface area contributed by atoms with Crippen molar-refractivity contribution in [2.45, 2.75) is 12.5 Å². The molecule has 5 heteroatoms. The minimum absolute atomic E-state index is 0.269. The van der Waals surface area contributed by atoms with Gasteiger partial charge in [-0.1, -0.05) is 42.5 Å². The first-order valence-electron chi connectivity index (χ1n) is 6.96. The molecule has 0 radical (unpaired) electrons. The molecule has 0 aliphatic carbocycles. The van der Waals surface area contributed by atoms with Crippen LogP contribution in [0.2, 0.25) is 0 Å². The van der Waals surface area contributed by atoms with E-state index in [0.717, 1.165) is 16.6 Å². The van der Waals surface area contributed by atoms with E-state index in [2.05, 4.69) is 21.0 Å². The van der Waals surface area contributed by atoms with Crippen molar-refractivity contribution in [1.29, 1.82) is 5.26 Å². The standard InChI is InChI=1S/C17H15N5/c18-10-13(16(19)20-11-12-6-2-1-3-7-12)17-21-14-8-4-5-9-15(14)22-17/h1-9,13H,11H2,(H2,19,20)(H,21,22). The third-order valence-corrected chi connectivity index (χ3v) is 3.39. The summed E-state index contributed by atoms with van der Waals surface area (Å²) in [6.07, 6.45) is 0. The van der Waals surface area contributed by atoms with Crippen molar-refractivity contribution in [3.63, 3.8) is 0 Å². The van der Waals surface area contributed by atoms with Gasteiger partial charge in [0.1, 0.15) is 11.7 Å². The minimum Gasteiger partial charge on any atom is -0.386 e. The van der Waals surface area contributed by atoms with Crippen LogP contribution in [0.15, 0.2) is 59.6 Å². The van der Waals surface area contributed by atoms with E-state index in [0.29, 0.717) is 12.4 Å². The van der Waals surface area contributed by atoms with Gasteiger partial charge in [-0.25, -0.2) is 4.98 Å². The predicted molar refractivity (Wildman–Crippen MR) is 86.2 cm³/mol. The highest BCUT2D eigenvalue weighted by atomic mass is 15.0. The highest BCUT2D eigenvalue weighted by molar-refractivity contribution is 5.90. The van der Waals surface area contributed by atoms with Gasteiger partial charge in [0.25, 0.3) is 0 Å². The Balaban J connectivity index is 1.85. The van der Waals surface area contributed by atoms with Crippen LogP contribution in [0, 0.1) is 11.3 Å². The quantitative estimate of drug-likeness (QED) is 0.571. The van der Waals surface area contributed by atoms with Crippen molar-refractivity contribution in [3.05, 3.63) is 66.0 Å². The number of para-hydroxylation sites is 2. The molecular formula is C17H15N5. The number of fused-ring (bicyclic) bond motifs is 1. The summed E-state index contributed by atoms with van der Waals surface area (Å²) in [5.41, 5.74) is 8.74. The molecule has 108 valence electrons. The van der Waals surface area contributed by atoms with Gasteiger partial charge in [0.2, 0.25) is 0 Å². The van der Waals surface area contributed by atoms with Crippen molar-refractivity contribution in [2.75, 3.05) is 0 Å². The summed E-state index contributed by atoms with van der Waals surface area (Å²) >= 11 is 0. The van der Waals surface area contributed by atoms with Crippen molar-refractivity contribution >= 4 is 16.9 Å². The molecule has 0 saturated heterocycles. The minimum atomic E-state index is -0.670. The first-order chi connectivity index (χ1) is 10.8. The van der Waals surface area contributed by atoms with Gasteiger partial charge in [0.05, 0.1) is 23.6 Å². The van der Waals surface area contributed by atoms with Gasteiger partial charge in [-0.15, -0.1) is 0 Å². The first-order valence-corrected chi connectivity index (χ1v) is 6.96.